The van der Waals surface area contributed by atoms with Crippen molar-refractivity contribution in [2.45, 2.75) is 26.2 Å². The van der Waals surface area contributed by atoms with Gasteiger partial charge >= 0.3 is 0 Å². The van der Waals surface area contributed by atoms with Gasteiger partial charge in [0.25, 0.3) is 0 Å². The third kappa shape index (κ3) is 2.53. The molecular weight excluding hydrogens is 456 g/mol. The Hall–Kier alpha value is -3.95. The molecule has 2 nitrogen and oxygen atoms in total. The lowest BCUT2D eigenvalue weighted by Gasteiger charge is -2.19. The molecule has 36 heavy (non-hydrogen) atoms. The minimum Gasteiger partial charge on any atom is -0.307 e. The van der Waals surface area contributed by atoms with Crippen molar-refractivity contribution >= 4 is 69.6 Å². The topological polar surface area (TPSA) is 17.3 Å². The Kier molecular flexibility index (Phi) is 3.85. The summed E-state index contributed by atoms with van der Waals surface area (Å²) in [6.45, 7) is 6.94. The minimum atomic E-state index is 0.0990. The van der Waals surface area contributed by atoms with E-state index in [4.69, 9.17) is 0 Å². The normalized spacial score (nSPS) is 12.9. The van der Waals surface area contributed by atoms with Crippen molar-refractivity contribution in [3.05, 3.63) is 96.7 Å². The average Bonchev–Trinajstić information content (AvgIpc) is 3.54. The first-order valence-corrected chi connectivity index (χ1v) is 13.3. The van der Waals surface area contributed by atoms with Gasteiger partial charge in [0, 0.05) is 53.5 Å². The molecule has 0 fully saturated rings. The zero-order valence-electron chi connectivity index (χ0n) is 20.5. The maximum absolute atomic E-state index is 4.60. The first kappa shape index (κ1) is 20.3. The molecule has 4 aromatic heterocycles. The van der Waals surface area contributed by atoms with E-state index < -0.39 is 0 Å². The van der Waals surface area contributed by atoms with Crippen LogP contribution in [-0.4, -0.2) is 9.38 Å². The molecule has 0 N–H and O–H groups in total. The molecule has 0 aliphatic carbocycles. The van der Waals surface area contributed by atoms with Crippen molar-refractivity contribution in [2.75, 3.05) is 0 Å². The van der Waals surface area contributed by atoms with Crippen LogP contribution < -0.4 is 0 Å². The van der Waals surface area contributed by atoms with Gasteiger partial charge in [0.2, 0.25) is 0 Å². The summed E-state index contributed by atoms with van der Waals surface area (Å²) in [7, 11) is 0. The Labute approximate surface area is 212 Å². The number of para-hydroxylation sites is 1. The predicted octanol–water partition coefficient (Wildman–Crippen LogP) is 9.56. The third-order valence-corrected chi connectivity index (χ3v) is 8.91. The van der Waals surface area contributed by atoms with E-state index in [0.29, 0.717) is 0 Å². The molecule has 4 heterocycles. The summed E-state index contributed by atoms with van der Waals surface area (Å²) in [5, 5.41) is 7.99. The molecule has 172 valence electrons. The molecule has 3 heteroatoms. The van der Waals surface area contributed by atoms with E-state index in [1.54, 1.807) is 0 Å². The maximum Gasteiger partial charge on any atom is 0.0702 e. The molecule has 0 unspecified atom stereocenters. The van der Waals surface area contributed by atoms with Gasteiger partial charge in [-0.15, -0.1) is 11.3 Å². The highest BCUT2D eigenvalue weighted by Crippen LogP contribution is 2.47. The van der Waals surface area contributed by atoms with Gasteiger partial charge in [0.05, 0.1) is 22.2 Å². The van der Waals surface area contributed by atoms with E-state index in [1.807, 2.05) is 23.6 Å². The summed E-state index contributed by atoms with van der Waals surface area (Å²) >= 11 is 1.94. The summed E-state index contributed by atoms with van der Waals surface area (Å²) in [4.78, 5) is 4.60. The van der Waals surface area contributed by atoms with E-state index in [2.05, 4.69) is 109 Å². The molecular formula is C33H24N2S. The molecule has 0 spiro atoms. The predicted molar refractivity (Wildman–Crippen MR) is 156 cm³/mol. The zero-order valence-corrected chi connectivity index (χ0v) is 21.3. The summed E-state index contributed by atoms with van der Waals surface area (Å²) < 4.78 is 5.29. The Bertz CT molecular complexity index is 2120. The largest absolute Gasteiger partial charge is 0.307 e. The van der Waals surface area contributed by atoms with Crippen LogP contribution in [0.1, 0.15) is 26.3 Å². The number of hydrogen-bond donors (Lipinski definition) is 0. The molecule has 0 saturated heterocycles. The molecule has 0 saturated carbocycles. The van der Waals surface area contributed by atoms with E-state index in [0.717, 1.165) is 11.3 Å². The monoisotopic (exact) mass is 480 g/mol. The summed E-state index contributed by atoms with van der Waals surface area (Å²) in [5.74, 6) is 0. The molecule has 0 atom stereocenters. The van der Waals surface area contributed by atoms with Crippen LogP contribution in [0.4, 0.5) is 0 Å². The van der Waals surface area contributed by atoms with Gasteiger partial charge in [0.1, 0.15) is 0 Å². The summed E-state index contributed by atoms with van der Waals surface area (Å²) in [5.41, 5.74) is 7.60. The number of benzene rings is 4. The van der Waals surface area contributed by atoms with Crippen LogP contribution in [0.2, 0.25) is 0 Å². The van der Waals surface area contributed by atoms with Crippen LogP contribution in [0.25, 0.3) is 69.5 Å². The van der Waals surface area contributed by atoms with Gasteiger partial charge in [0.15, 0.2) is 0 Å². The second-order valence-corrected chi connectivity index (χ2v) is 11.9. The lowest BCUT2D eigenvalue weighted by molar-refractivity contribution is 0.597. The van der Waals surface area contributed by atoms with E-state index in [1.165, 1.54) is 63.8 Å². The molecule has 0 aliphatic rings. The second-order valence-electron chi connectivity index (χ2n) is 10.9. The SMILES string of the molecule is CC(C)(C)c1cccc2c1sc1ccc3c4cccc5c6cc(-c7ccccn7)ccc6n(c54)c3c12. The number of rotatable bonds is 1. The number of pyridine rings is 1. The molecule has 0 bridgehead atoms. The zero-order chi connectivity index (χ0) is 24.2. The van der Waals surface area contributed by atoms with E-state index in [9.17, 15) is 0 Å². The molecule has 8 rings (SSSR count). The molecule has 0 aliphatic heterocycles. The highest BCUT2D eigenvalue weighted by atomic mass is 32.1. The number of nitrogens with zero attached hydrogens (tertiary/aromatic N) is 2. The number of thiophene rings is 1. The fraction of sp³-hybridized carbons (Fsp3) is 0.121. The summed E-state index contributed by atoms with van der Waals surface area (Å²) in [6.07, 6.45) is 1.87. The van der Waals surface area contributed by atoms with Gasteiger partial charge in [-0.25, -0.2) is 0 Å². The van der Waals surface area contributed by atoms with Crippen LogP contribution in [0, 0.1) is 0 Å². The van der Waals surface area contributed by atoms with Crippen molar-refractivity contribution in [3.8, 4) is 11.3 Å². The van der Waals surface area contributed by atoms with Crippen LogP contribution >= 0.6 is 11.3 Å². The quantitative estimate of drug-likeness (QED) is 0.229. The van der Waals surface area contributed by atoms with Crippen molar-refractivity contribution in [1.82, 2.24) is 9.38 Å². The number of aromatic nitrogens is 2. The van der Waals surface area contributed by atoms with Crippen LogP contribution in [0.3, 0.4) is 0 Å². The Morgan fingerprint density at radius 1 is 0.694 bits per heavy atom. The van der Waals surface area contributed by atoms with Crippen molar-refractivity contribution < 1.29 is 0 Å². The van der Waals surface area contributed by atoms with Crippen LogP contribution in [-0.2, 0) is 5.41 Å². The van der Waals surface area contributed by atoms with E-state index >= 15 is 0 Å². The second kappa shape index (κ2) is 6.83. The lowest BCUT2D eigenvalue weighted by Crippen LogP contribution is -2.10. The van der Waals surface area contributed by atoms with Gasteiger partial charge in [-0.1, -0.05) is 75.4 Å². The van der Waals surface area contributed by atoms with Crippen molar-refractivity contribution in [2.24, 2.45) is 0 Å². The van der Waals surface area contributed by atoms with Crippen LogP contribution in [0.15, 0.2) is 91.1 Å². The number of hydrogen-bond acceptors (Lipinski definition) is 2. The van der Waals surface area contributed by atoms with Crippen LogP contribution in [0.5, 0.6) is 0 Å². The Morgan fingerprint density at radius 2 is 1.47 bits per heavy atom. The molecule has 0 radical (unpaired) electrons. The minimum absolute atomic E-state index is 0.0990. The Morgan fingerprint density at radius 3 is 2.28 bits per heavy atom. The fourth-order valence-electron chi connectivity index (χ4n) is 6.12. The molecule has 8 aromatic rings. The van der Waals surface area contributed by atoms with Gasteiger partial charge in [-0.2, -0.15) is 0 Å². The lowest BCUT2D eigenvalue weighted by atomic mass is 9.86. The first-order chi connectivity index (χ1) is 17.5. The third-order valence-electron chi connectivity index (χ3n) is 7.71. The van der Waals surface area contributed by atoms with Gasteiger partial charge in [-0.05, 0) is 41.3 Å². The van der Waals surface area contributed by atoms with Crippen molar-refractivity contribution in [3.63, 3.8) is 0 Å². The van der Waals surface area contributed by atoms with Gasteiger partial charge < -0.3 is 4.40 Å². The Balaban J connectivity index is 1.58. The fourth-order valence-corrected chi connectivity index (χ4v) is 7.55. The smallest absolute Gasteiger partial charge is 0.0702 e. The highest BCUT2D eigenvalue weighted by Gasteiger charge is 2.23. The van der Waals surface area contributed by atoms with Crippen molar-refractivity contribution in [1.29, 1.82) is 0 Å². The van der Waals surface area contributed by atoms with Gasteiger partial charge in [-0.3, -0.25) is 4.98 Å². The standard InChI is InChI=1S/C33H24N2S/c1-33(2,3)25-11-7-10-23-29-28(36-32(23)25)16-14-22-20-8-6-9-21-24-18-19(26-12-4-5-17-34-26)13-15-27(24)35(30(20)21)31(22)29/h4-18H,1-3H3. The number of fused-ring (bicyclic) bond motifs is 10. The first-order valence-electron chi connectivity index (χ1n) is 12.5. The summed E-state index contributed by atoms with van der Waals surface area (Å²) in [6, 6.07) is 31.2. The maximum atomic E-state index is 4.60. The molecule has 4 aromatic carbocycles. The average molecular weight is 481 g/mol. The molecule has 0 amide bonds. The van der Waals surface area contributed by atoms with E-state index in [-0.39, 0.29) is 5.41 Å². The highest BCUT2D eigenvalue weighted by molar-refractivity contribution is 7.26.